The highest BCUT2D eigenvalue weighted by Gasteiger charge is 2.11. The predicted octanol–water partition coefficient (Wildman–Crippen LogP) is 2.27. The Morgan fingerprint density at radius 2 is 1.75 bits per heavy atom. The van der Waals surface area contributed by atoms with Crippen molar-refractivity contribution in [3.63, 3.8) is 0 Å². The number of nitrogens with one attached hydrogen (secondary N) is 1. The summed E-state index contributed by atoms with van der Waals surface area (Å²) in [6.07, 6.45) is 1.13. The summed E-state index contributed by atoms with van der Waals surface area (Å²) in [7, 11) is -1.84. The first kappa shape index (κ1) is 21.6. The van der Waals surface area contributed by atoms with Crippen molar-refractivity contribution in [3.05, 3.63) is 53.6 Å². The molecule has 0 fully saturated rings. The number of nitrogens with zero attached hydrogens (tertiary/aromatic N) is 1. The number of carbonyl (C=O) groups excluding carboxylic acids is 1. The molecule has 0 saturated heterocycles. The molecule has 0 spiro atoms. The summed E-state index contributed by atoms with van der Waals surface area (Å²) in [6.45, 7) is 4.57. The quantitative estimate of drug-likeness (QED) is 0.646. The van der Waals surface area contributed by atoms with Crippen LogP contribution in [0.2, 0.25) is 0 Å². The Morgan fingerprint density at radius 1 is 1.07 bits per heavy atom. The molecule has 0 bridgehead atoms. The number of amides is 1. The molecule has 0 aliphatic heterocycles. The van der Waals surface area contributed by atoms with Crippen LogP contribution in [0.5, 0.6) is 11.5 Å². The molecule has 0 heterocycles. The second-order valence-corrected chi connectivity index (χ2v) is 8.49. The smallest absolute Gasteiger partial charge is 0.258 e. The maximum Gasteiger partial charge on any atom is 0.258 e. The zero-order chi connectivity index (χ0) is 20.7. The van der Waals surface area contributed by atoms with Gasteiger partial charge in [0.25, 0.3) is 5.91 Å². The van der Waals surface area contributed by atoms with Crippen molar-refractivity contribution >= 4 is 21.6 Å². The first-order valence-electron chi connectivity index (χ1n) is 8.80. The highest BCUT2D eigenvalue weighted by atomic mass is 32.2. The molecule has 2 aromatic rings. The first-order valence-corrected chi connectivity index (χ1v) is 10.6. The van der Waals surface area contributed by atoms with E-state index in [-0.39, 0.29) is 12.5 Å². The molecular weight excluding hydrogens is 380 g/mol. The third kappa shape index (κ3) is 6.45. The van der Waals surface area contributed by atoms with E-state index in [2.05, 4.69) is 5.32 Å². The fourth-order valence-corrected chi connectivity index (χ4v) is 2.86. The van der Waals surface area contributed by atoms with E-state index in [4.69, 9.17) is 9.47 Å². The van der Waals surface area contributed by atoms with Crippen LogP contribution in [0, 0.1) is 13.8 Å². The van der Waals surface area contributed by atoms with Gasteiger partial charge in [0.15, 0.2) is 6.61 Å². The first-order chi connectivity index (χ1) is 13.2. The summed E-state index contributed by atoms with van der Waals surface area (Å²) in [6, 6.07) is 12.5. The summed E-state index contributed by atoms with van der Waals surface area (Å²) in [5, 5.41) is 2.73. The van der Waals surface area contributed by atoms with Crippen molar-refractivity contribution in [2.75, 3.05) is 37.4 Å². The van der Waals surface area contributed by atoms with Crippen LogP contribution in [-0.2, 0) is 14.8 Å². The van der Waals surface area contributed by atoms with E-state index in [1.807, 2.05) is 32.0 Å². The van der Waals surface area contributed by atoms with E-state index >= 15 is 0 Å². The monoisotopic (exact) mass is 406 g/mol. The molecule has 1 amide bonds. The number of anilines is 1. The lowest BCUT2D eigenvalue weighted by Crippen LogP contribution is -2.32. The normalized spacial score (nSPS) is 11.0. The summed E-state index contributed by atoms with van der Waals surface area (Å²) in [5.74, 6) is 1.03. The van der Waals surface area contributed by atoms with Gasteiger partial charge >= 0.3 is 0 Å². The minimum absolute atomic E-state index is 0.134. The number of ether oxygens (including phenoxy) is 2. The predicted molar refractivity (Wildman–Crippen MR) is 110 cm³/mol. The molecule has 2 aromatic carbocycles. The van der Waals surface area contributed by atoms with Gasteiger partial charge in [-0.2, -0.15) is 0 Å². The Hall–Kier alpha value is -2.74. The molecule has 1 N–H and O–H groups in total. The third-order valence-corrected chi connectivity index (χ3v) is 5.30. The van der Waals surface area contributed by atoms with Gasteiger partial charge in [-0.15, -0.1) is 0 Å². The van der Waals surface area contributed by atoms with Crippen LogP contribution >= 0.6 is 0 Å². The van der Waals surface area contributed by atoms with Crippen molar-refractivity contribution < 1.29 is 22.7 Å². The molecule has 28 heavy (non-hydrogen) atoms. The van der Waals surface area contributed by atoms with Crippen LogP contribution in [0.1, 0.15) is 11.1 Å². The van der Waals surface area contributed by atoms with Gasteiger partial charge in [-0.05, 0) is 55.3 Å². The topological polar surface area (TPSA) is 84.9 Å². The number of sulfonamides is 1. The second kappa shape index (κ2) is 9.45. The Morgan fingerprint density at radius 3 is 2.39 bits per heavy atom. The van der Waals surface area contributed by atoms with Gasteiger partial charge in [0.05, 0.1) is 18.5 Å². The number of benzene rings is 2. The molecule has 0 atom stereocenters. The van der Waals surface area contributed by atoms with Gasteiger partial charge in [0.1, 0.15) is 18.1 Å². The highest BCUT2D eigenvalue weighted by Crippen LogP contribution is 2.20. The van der Waals surface area contributed by atoms with Crippen molar-refractivity contribution in [2.24, 2.45) is 0 Å². The molecule has 152 valence electrons. The standard InChI is InChI=1S/C20H26N2O5S/c1-15-5-6-16(2)19(13-15)26-12-11-21-20(23)14-27-18-9-7-17(8-10-18)22(3)28(4,24)25/h5-10,13H,11-12,14H2,1-4H3,(H,21,23). The fourth-order valence-electron chi connectivity index (χ4n) is 2.36. The summed E-state index contributed by atoms with van der Waals surface area (Å²) in [5.41, 5.74) is 2.68. The van der Waals surface area contributed by atoms with Crippen LogP contribution < -0.4 is 19.1 Å². The van der Waals surface area contributed by atoms with E-state index in [1.54, 1.807) is 24.3 Å². The average Bonchev–Trinajstić information content (AvgIpc) is 2.65. The maximum atomic E-state index is 11.9. The summed E-state index contributed by atoms with van der Waals surface area (Å²) < 4.78 is 35.3. The van der Waals surface area contributed by atoms with Crippen molar-refractivity contribution in [2.45, 2.75) is 13.8 Å². The van der Waals surface area contributed by atoms with Crippen molar-refractivity contribution in [1.82, 2.24) is 5.32 Å². The summed E-state index contributed by atoms with van der Waals surface area (Å²) in [4.78, 5) is 11.9. The van der Waals surface area contributed by atoms with E-state index in [0.717, 1.165) is 23.1 Å². The Labute approximate surface area is 166 Å². The lowest BCUT2D eigenvalue weighted by Gasteiger charge is -2.16. The third-order valence-electron chi connectivity index (χ3n) is 4.09. The van der Waals surface area contributed by atoms with Gasteiger partial charge in [0, 0.05) is 7.05 Å². The minimum Gasteiger partial charge on any atom is -0.491 e. The number of carbonyl (C=O) groups is 1. The van der Waals surface area contributed by atoms with Crippen LogP contribution in [0.3, 0.4) is 0 Å². The largest absolute Gasteiger partial charge is 0.491 e. The van der Waals surface area contributed by atoms with Crippen LogP contribution in [0.15, 0.2) is 42.5 Å². The molecule has 0 unspecified atom stereocenters. The molecular formula is C20H26N2O5S. The molecule has 2 rings (SSSR count). The zero-order valence-corrected chi connectivity index (χ0v) is 17.4. The highest BCUT2D eigenvalue weighted by molar-refractivity contribution is 7.92. The zero-order valence-electron chi connectivity index (χ0n) is 16.6. The van der Waals surface area contributed by atoms with E-state index in [1.165, 1.54) is 11.4 Å². The van der Waals surface area contributed by atoms with E-state index < -0.39 is 10.0 Å². The molecule has 8 heteroatoms. The Bertz CT molecular complexity index is 911. The van der Waals surface area contributed by atoms with Crippen LogP contribution in [0.25, 0.3) is 0 Å². The van der Waals surface area contributed by atoms with Crippen molar-refractivity contribution in [1.29, 1.82) is 0 Å². The fraction of sp³-hybridized carbons (Fsp3) is 0.350. The van der Waals surface area contributed by atoms with Gasteiger partial charge in [-0.25, -0.2) is 8.42 Å². The number of aryl methyl sites for hydroxylation is 2. The molecule has 7 nitrogen and oxygen atoms in total. The van der Waals surface area contributed by atoms with Gasteiger partial charge < -0.3 is 14.8 Å². The molecule has 0 aromatic heterocycles. The van der Waals surface area contributed by atoms with Crippen molar-refractivity contribution in [3.8, 4) is 11.5 Å². The van der Waals surface area contributed by atoms with Gasteiger partial charge in [-0.1, -0.05) is 12.1 Å². The minimum atomic E-state index is -3.32. The van der Waals surface area contributed by atoms with Gasteiger partial charge in [0.2, 0.25) is 10.0 Å². The summed E-state index contributed by atoms with van der Waals surface area (Å²) >= 11 is 0. The number of hydrogen-bond donors (Lipinski definition) is 1. The lowest BCUT2D eigenvalue weighted by molar-refractivity contribution is -0.123. The maximum absolute atomic E-state index is 11.9. The number of hydrogen-bond acceptors (Lipinski definition) is 5. The molecule has 0 aliphatic rings. The molecule has 0 saturated carbocycles. The SMILES string of the molecule is Cc1ccc(C)c(OCCNC(=O)COc2ccc(N(C)S(C)(=O)=O)cc2)c1. The van der Waals surface area contributed by atoms with E-state index in [0.29, 0.717) is 24.6 Å². The average molecular weight is 407 g/mol. The van der Waals surface area contributed by atoms with Gasteiger partial charge in [-0.3, -0.25) is 9.10 Å². The Kier molecular flexibility index (Phi) is 7.28. The van der Waals surface area contributed by atoms with Crippen LogP contribution in [0.4, 0.5) is 5.69 Å². The molecule has 0 aliphatic carbocycles. The van der Waals surface area contributed by atoms with Crippen LogP contribution in [-0.4, -0.2) is 47.4 Å². The second-order valence-electron chi connectivity index (χ2n) is 6.48. The lowest BCUT2D eigenvalue weighted by atomic mass is 10.1. The Balaban J connectivity index is 1.73. The molecule has 0 radical (unpaired) electrons. The van der Waals surface area contributed by atoms with E-state index in [9.17, 15) is 13.2 Å². The number of rotatable bonds is 9.